The Hall–Kier alpha value is -3.42. The van der Waals surface area contributed by atoms with E-state index < -0.39 is 0 Å². The topological polar surface area (TPSA) is 85.0 Å². The number of anilines is 1. The van der Waals surface area contributed by atoms with Crippen LogP contribution in [0.25, 0.3) is 5.82 Å². The summed E-state index contributed by atoms with van der Waals surface area (Å²) < 4.78 is 3.29. The van der Waals surface area contributed by atoms with Crippen LogP contribution in [0.2, 0.25) is 0 Å². The summed E-state index contributed by atoms with van der Waals surface area (Å²) in [6, 6.07) is 11.0. The van der Waals surface area contributed by atoms with E-state index >= 15 is 0 Å². The zero-order chi connectivity index (χ0) is 22.1. The standard InChI is InChI=1S/C23H28N6O2/c1-15-5-6-19(13-16(15)2)24-23(31)27-11-9-20(10-12-27)29-22(30)8-7-21(26-29)28-18(4)14-17(3)25-28/h5-8,13-14,20H,9-12H2,1-4H3,(H,24,31). The molecule has 2 amide bonds. The van der Waals surface area contributed by atoms with Gasteiger partial charge in [0, 0.05) is 30.5 Å². The van der Waals surface area contributed by atoms with E-state index in [1.165, 1.54) is 11.6 Å². The van der Waals surface area contributed by atoms with Crippen molar-refractivity contribution in [3.63, 3.8) is 0 Å². The first-order valence-electron chi connectivity index (χ1n) is 10.6. The predicted molar refractivity (Wildman–Crippen MR) is 120 cm³/mol. The summed E-state index contributed by atoms with van der Waals surface area (Å²) in [5.41, 5.74) is 4.87. The van der Waals surface area contributed by atoms with Gasteiger partial charge < -0.3 is 10.2 Å². The zero-order valence-electron chi connectivity index (χ0n) is 18.4. The van der Waals surface area contributed by atoms with E-state index in [0.717, 1.165) is 22.6 Å². The van der Waals surface area contributed by atoms with Crippen molar-refractivity contribution < 1.29 is 4.79 Å². The quantitative estimate of drug-likeness (QED) is 0.702. The van der Waals surface area contributed by atoms with Crippen molar-refractivity contribution in [3.8, 4) is 5.82 Å². The Labute approximate surface area is 181 Å². The molecule has 1 aromatic carbocycles. The van der Waals surface area contributed by atoms with Crippen LogP contribution in [-0.2, 0) is 0 Å². The number of hydrogen-bond acceptors (Lipinski definition) is 4. The van der Waals surface area contributed by atoms with E-state index in [0.29, 0.717) is 31.7 Å². The molecule has 3 heterocycles. The van der Waals surface area contributed by atoms with E-state index in [2.05, 4.69) is 15.5 Å². The molecular formula is C23H28N6O2. The normalized spacial score (nSPS) is 14.6. The maximum Gasteiger partial charge on any atom is 0.321 e. The highest BCUT2D eigenvalue weighted by molar-refractivity contribution is 5.89. The summed E-state index contributed by atoms with van der Waals surface area (Å²) in [5, 5.41) is 12.0. The van der Waals surface area contributed by atoms with E-state index in [4.69, 9.17) is 0 Å². The van der Waals surface area contributed by atoms with Crippen LogP contribution < -0.4 is 10.9 Å². The number of carbonyl (C=O) groups is 1. The monoisotopic (exact) mass is 420 g/mol. The number of hydrogen-bond donors (Lipinski definition) is 1. The summed E-state index contributed by atoms with van der Waals surface area (Å²) in [6.07, 6.45) is 1.35. The first-order valence-corrected chi connectivity index (χ1v) is 10.6. The van der Waals surface area contributed by atoms with Gasteiger partial charge in [-0.2, -0.15) is 5.10 Å². The van der Waals surface area contributed by atoms with Crippen LogP contribution in [-0.4, -0.2) is 43.6 Å². The lowest BCUT2D eigenvalue weighted by molar-refractivity contribution is 0.178. The molecule has 3 aromatic rings. The van der Waals surface area contributed by atoms with Gasteiger partial charge in [-0.25, -0.2) is 14.2 Å². The van der Waals surface area contributed by atoms with Crippen molar-refractivity contribution in [2.45, 2.75) is 46.6 Å². The lowest BCUT2D eigenvalue weighted by atomic mass is 10.1. The van der Waals surface area contributed by atoms with Crippen molar-refractivity contribution in [1.82, 2.24) is 24.5 Å². The fourth-order valence-corrected chi connectivity index (χ4v) is 3.99. The minimum absolute atomic E-state index is 0.0462. The Kier molecular flexibility index (Phi) is 5.63. The second-order valence-corrected chi connectivity index (χ2v) is 8.26. The number of nitrogens with zero attached hydrogens (tertiary/aromatic N) is 5. The Balaban J connectivity index is 1.44. The van der Waals surface area contributed by atoms with Crippen LogP contribution in [0.15, 0.2) is 41.2 Å². The smallest absolute Gasteiger partial charge is 0.321 e. The summed E-state index contributed by atoms with van der Waals surface area (Å²) in [5.74, 6) is 0.625. The van der Waals surface area contributed by atoms with E-state index in [9.17, 15) is 9.59 Å². The predicted octanol–water partition coefficient (Wildman–Crippen LogP) is 3.53. The van der Waals surface area contributed by atoms with Gasteiger partial charge >= 0.3 is 6.03 Å². The Morgan fingerprint density at radius 2 is 1.71 bits per heavy atom. The third kappa shape index (κ3) is 4.38. The van der Waals surface area contributed by atoms with Gasteiger partial charge in [0.15, 0.2) is 5.82 Å². The second-order valence-electron chi connectivity index (χ2n) is 8.26. The van der Waals surface area contributed by atoms with Crippen molar-refractivity contribution in [1.29, 1.82) is 0 Å². The van der Waals surface area contributed by atoms with Gasteiger partial charge in [-0.3, -0.25) is 4.79 Å². The molecule has 8 heteroatoms. The van der Waals surface area contributed by atoms with Crippen LogP contribution in [0.4, 0.5) is 10.5 Å². The molecule has 1 saturated heterocycles. The maximum atomic E-state index is 12.7. The molecule has 4 rings (SSSR count). The number of nitrogens with one attached hydrogen (secondary N) is 1. The molecule has 0 atom stereocenters. The van der Waals surface area contributed by atoms with Gasteiger partial charge in [0.1, 0.15) is 0 Å². The van der Waals surface area contributed by atoms with Gasteiger partial charge in [0.05, 0.1) is 11.7 Å². The molecule has 31 heavy (non-hydrogen) atoms. The van der Waals surface area contributed by atoms with Crippen molar-refractivity contribution >= 4 is 11.7 Å². The number of aryl methyl sites for hydroxylation is 4. The Morgan fingerprint density at radius 3 is 2.35 bits per heavy atom. The van der Waals surface area contributed by atoms with Crippen molar-refractivity contribution in [2.24, 2.45) is 0 Å². The van der Waals surface area contributed by atoms with Gasteiger partial charge in [-0.05, 0) is 75.9 Å². The summed E-state index contributed by atoms with van der Waals surface area (Å²) in [6.45, 7) is 9.11. The molecule has 1 N–H and O–H groups in total. The molecular weight excluding hydrogens is 392 g/mol. The lowest BCUT2D eigenvalue weighted by Crippen LogP contribution is -2.43. The fourth-order valence-electron chi connectivity index (χ4n) is 3.99. The molecule has 1 fully saturated rings. The largest absolute Gasteiger partial charge is 0.324 e. The molecule has 8 nitrogen and oxygen atoms in total. The molecule has 0 radical (unpaired) electrons. The second kappa shape index (κ2) is 8.37. The van der Waals surface area contributed by atoms with E-state index in [1.807, 2.05) is 52.0 Å². The number of likely N-dealkylation sites (tertiary alicyclic amines) is 1. The molecule has 0 spiro atoms. The molecule has 0 aliphatic carbocycles. The Bertz CT molecular complexity index is 1170. The number of carbonyl (C=O) groups excluding carboxylic acids is 1. The van der Waals surface area contributed by atoms with Gasteiger partial charge in [-0.15, -0.1) is 5.10 Å². The molecule has 1 aliphatic rings. The van der Waals surface area contributed by atoms with E-state index in [-0.39, 0.29) is 17.6 Å². The van der Waals surface area contributed by atoms with Crippen LogP contribution in [0.5, 0.6) is 0 Å². The third-order valence-corrected chi connectivity index (χ3v) is 5.89. The number of piperidine rings is 1. The summed E-state index contributed by atoms with van der Waals surface area (Å²) >= 11 is 0. The van der Waals surface area contributed by atoms with Crippen LogP contribution in [0.3, 0.4) is 0 Å². The summed E-state index contributed by atoms with van der Waals surface area (Å²) in [4.78, 5) is 27.0. The van der Waals surface area contributed by atoms with Crippen molar-refractivity contribution in [3.05, 3.63) is 69.3 Å². The van der Waals surface area contributed by atoms with Crippen molar-refractivity contribution in [2.75, 3.05) is 18.4 Å². The molecule has 1 aliphatic heterocycles. The first-order chi connectivity index (χ1) is 14.8. The number of urea groups is 1. The van der Waals surface area contributed by atoms with E-state index in [1.54, 1.807) is 20.3 Å². The Morgan fingerprint density at radius 1 is 0.968 bits per heavy atom. The van der Waals surface area contributed by atoms with Gasteiger partial charge in [0.2, 0.25) is 0 Å². The van der Waals surface area contributed by atoms with Gasteiger partial charge in [0.25, 0.3) is 5.56 Å². The third-order valence-electron chi connectivity index (χ3n) is 5.89. The molecule has 162 valence electrons. The molecule has 0 saturated carbocycles. The number of aromatic nitrogens is 4. The zero-order valence-corrected chi connectivity index (χ0v) is 18.4. The average Bonchev–Trinajstić information content (AvgIpc) is 3.09. The average molecular weight is 421 g/mol. The van der Waals surface area contributed by atoms with Crippen LogP contribution >= 0.6 is 0 Å². The number of amides is 2. The molecule has 0 unspecified atom stereocenters. The number of rotatable bonds is 3. The first kappa shape index (κ1) is 20.8. The highest BCUT2D eigenvalue weighted by Gasteiger charge is 2.25. The lowest BCUT2D eigenvalue weighted by Gasteiger charge is -2.32. The number of benzene rings is 1. The highest BCUT2D eigenvalue weighted by atomic mass is 16.2. The molecule has 0 bridgehead atoms. The minimum atomic E-state index is -0.136. The SMILES string of the molecule is Cc1cc(C)n(-c2ccc(=O)n(C3CCN(C(=O)Nc4ccc(C)c(C)c4)CC3)n2)n1. The van der Waals surface area contributed by atoms with Crippen LogP contribution in [0, 0.1) is 27.7 Å². The van der Waals surface area contributed by atoms with Gasteiger partial charge in [-0.1, -0.05) is 6.07 Å². The van der Waals surface area contributed by atoms with Crippen LogP contribution in [0.1, 0.15) is 41.4 Å². The maximum absolute atomic E-state index is 12.7. The fraction of sp³-hybridized carbons (Fsp3) is 0.391. The highest BCUT2D eigenvalue weighted by Crippen LogP contribution is 2.22. The minimum Gasteiger partial charge on any atom is -0.324 e. The summed E-state index contributed by atoms with van der Waals surface area (Å²) in [7, 11) is 0. The molecule has 2 aromatic heterocycles.